The number of hydrogen-bond acceptors (Lipinski definition) is 2. The molecule has 1 aliphatic rings. The van der Waals surface area contributed by atoms with E-state index in [0.29, 0.717) is 12.4 Å². The fraction of sp³-hybridized carbons (Fsp3) is 0.0189. The number of benzene rings is 7. The molecule has 11 rings (SSSR count). The van der Waals surface area contributed by atoms with Crippen LogP contribution in [0.4, 0.5) is 0 Å². The number of rotatable bonds is 4. The molecule has 0 fully saturated rings. The highest BCUT2D eigenvalue weighted by Gasteiger charge is 2.20. The van der Waals surface area contributed by atoms with Crippen LogP contribution in [0.1, 0.15) is 5.56 Å². The van der Waals surface area contributed by atoms with E-state index in [2.05, 4.69) is 173 Å². The first-order chi connectivity index (χ1) is 28.2. The highest BCUT2D eigenvalue weighted by molar-refractivity contribution is 6.19. The molecule has 0 spiro atoms. The first-order valence-corrected chi connectivity index (χ1v) is 19.4. The van der Waals surface area contributed by atoms with Gasteiger partial charge in [-0.25, -0.2) is 9.97 Å². The van der Waals surface area contributed by atoms with Crippen LogP contribution in [-0.4, -0.2) is 18.9 Å². The highest BCUT2D eigenvalue weighted by Crippen LogP contribution is 2.40. The molecule has 0 N–H and O–H groups in total. The molecule has 0 unspecified atom stereocenters. The summed E-state index contributed by atoms with van der Waals surface area (Å²) in [6, 6.07) is 60.5. The van der Waals surface area contributed by atoms with Gasteiger partial charge in [-0.1, -0.05) is 170 Å². The molecule has 10 aromatic rings. The molecule has 0 atom stereocenters. The lowest BCUT2D eigenvalue weighted by Crippen LogP contribution is -2.04. The number of nitrogens with zero attached hydrogens (tertiary/aromatic N) is 4. The summed E-state index contributed by atoms with van der Waals surface area (Å²) in [6.07, 6.45) is 8.60. The van der Waals surface area contributed by atoms with Gasteiger partial charge < -0.3 is 8.97 Å². The van der Waals surface area contributed by atoms with Gasteiger partial charge in [0.1, 0.15) is 0 Å². The standard InChI is InChI=1S/C53H36N4/c1-35-15-5-4-14-32-56-48-31-28-40(33-45(48)43-21-11-13-23-50(43)57-49-22-12-10-20-42(49)44-30-29-41(35)51(56)52(44)57)36-24-26-39(27-25-36)53-54-46(37-16-6-2-7-17-37)34-47(55-53)38-18-8-3-9-19-38/h2-31,33-34H,1,32H2/b14-4-,15-5-. The fourth-order valence-corrected chi connectivity index (χ4v) is 8.60. The van der Waals surface area contributed by atoms with E-state index >= 15 is 0 Å². The lowest BCUT2D eigenvalue weighted by molar-refractivity contribution is 0.891. The molecule has 3 aromatic heterocycles. The van der Waals surface area contributed by atoms with Crippen molar-refractivity contribution >= 4 is 54.7 Å². The van der Waals surface area contributed by atoms with Crippen LogP contribution < -0.4 is 0 Å². The number of hydrogen-bond donors (Lipinski definition) is 0. The Morgan fingerprint density at radius 2 is 1.04 bits per heavy atom. The summed E-state index contributed by atoms with van der Waals surface area (Å²) >= 11 is 0. The van der Waals surface area contributed by atoms with E-state index < -0.39 is 0 Å². The Kier molecular flexibility index (Phi) is 7.68. The molecule has 4 nitrogen and oxygen atoms in total. The third-order valence-electron chi connectivity index (χ3n) is 11.3. The van der Waals surface area contributed by atoms with Crippen LogP contribution in [0.2, 0.25) is 0 Å². The van der Waals surface area contributed by atoms with Gasteiger partial charge in [0, 0.05) is 55.9 Å². The van der Waals surface area contributed by atoms with Crippen LogP contribution >= 0.6 is 0 Å². The number of fused-ring (bicyclic) bond motifs is 8. The maximum atomic E-state index is 5.08. The van der Waals surface area contributed by atoms with Gasteiger partial charge in [0.15, 0.2) is 5.82 Å². The van der Waals surface area contributed by atoms with Crippen molar-refractivity contribution in [1.29, 1.82) is 0 Å². The second-order valence-electron chi connectivity index (χ2n) is 14.7. The smallest absolute Gasteiger partial charge is 0.160 e. The third kappa shape index (κ3) is 5.45. The molecule has 4 heterocycles. The topological polar surface area (TPSA) is 35.1 Å². The summed E-state index contributed by atoms with van der Waals surface area (Å²) in [5, 5.41) is 4.84. The summed E-state index contributed by atoms with van der Waals surface area (Å²) in [6.45, 7) is 5.27. The van der Waals surface area contributed by atoms with Crippen LogP contribution in [0.15, 0.2) is 201 Å². The van der Waals surface area contributed by atoms with Gasteiger partial charge in [-0.3, -0.25) is 0 Å². The van der Waals surface area contributed by atoms with E-state index in [9.17, 15) is 0 Å². The molecule has 7 aromatic carbocycles. The average Bonchev–Trinajstić information content (AvgIpc) is 3.64. The SMILES string of the molecule is C=C1/C=C\C=C/Cn2c3ccc(-c4ccc(-c5nc(-c6ccccc6)cc(-c6ccccc6)n5)cc4)cc3c3ccccc3n3c4ccccc4c4ccc1c2c43. The second kappa shape index (κ2) is 13.3. The molecule has 1 aliphatic heterocycles. The molecule has 0 aliphatic carbocycles. The average molecular weight is 729 g/mol. The van der Waals surface area contributed by atoms with Crippen LogP contribution in [0.3, 0.4) is 0 Å². The van der Waals surface area contributed by atoms with Crippen molar-refractivity contribution in [3.8, 4) is 45.0 Å². The molecular formula is C53H36N4. The zero-order valence-electron chi connectivity index (χ0n) is 31.2. The quantitative estimate of drug-likeness (QED) is 0.181. The number of aromatic nitrogens is 4. The second-order valence-corrected chi connectivity index (χ2v) is 14.7. The minimum atomic E-state index is 0.700. The molecule has 0 saturated heterocycles. The number of para-hydroxylation sites is 2. The Hall–Kier alpha value is -7.56. The zero-order chi connectivity index (χ0) is 37.9. The Morgan fingerprint density at radius 1 is 0.439 bits per heavy atom. The zero-order valence-corrected chi connectivity index (χ0v) is 31.2. The third-order valence-corrected chi connectivity index (χ3v) is 11.3. The molecule has 0 radical (unpaired) electrons. The van der Waals surface area contributed by atoms with Crippen LogP contribution in [0, 0.1) is 0 Å². The summed E-state index contributed by atoms with van der Waals surface area (Å²) in [7, 11) is 0. The maximum absolute atomic E-state index is 5.08. The first kappa shape index (κ1) is 32.8. The van der Waals surface area contributed by atoms with Gasteiger partial charge in [-0.15, -0.1) is 0 Å². The Bertz CT molecular complexity index is 3250. The van der Waals surface area contributed by atoms with Crippen molar-refractivity contribution in [2.24, 2.45) is 0 Å². The summed E-state index contributed by atoms with van der Waals surface area (Å²) in [5.41, 5.74) is 15.1. The Balaban J connectivity index is 1.14. The summed E-state index contributed by atoms with van der Waals surface area (Å²) in [4.78, 5) is 10.2. The normalized spacial score (nSPS) is 13.9. The van der Waals surface area contributed by atoms with Crippen molar-refractivity contribution in [1.82, 2.24) is 18.9 Å². The van der Waals surface area contributed by atoms with Crippen molar-refractivity contribution in [2.75, 3.05) is 0 Å². The predicted octanol–water partition coefficient (Wildman–Crippen LogP) is 13.5. The monoisotopic (exact) mass is 728 g/mol. The van der Waals surface area contributed by atoms with Gasteiger partial charge in [0.25, 0.3) is 0 Å². The van der Waals surface area contributed by atoms with Crippen molar-refractivity contribution in [3.05, 3.63) is 206 Å². The minimum absolute atomic E-state index is 0.700. The van der Waals surface area contributed by atoms with Crippen molar-refractivity contribution in [2.45, 2.75) is 6.54 Å². The van der Waals surface area contributed by atoms with Gasteiger partial charge in [0.2, 0.25) is 0 Å². The predicted molar refractivity (Wildman–Crippen MR) is 239 cm³/mol. The molecule has 268 valence electrons. The fourth-order valence-electron chi connectivity index (χ4n) is 8.60. The van der Waals surface area contributed by atoms with Crippen molar-refractivity contribution in [3.63, 3.8) is 0 Å². The van der Waals surface area contributed by atoms with Crippen LogP contribution in [0.5, 0.6) is 0 Å². The maximum Gasteiger partial charge on any atom is 0.160 e. The highest BCUT2D eigenvalue weighted by atomic mass is 15.0. The van der Waals surface area contributed by atoms with Crippen molar-refractivity contribution < 1.29 is 0 Å². The van der Waals surface area contributed by atoms with Gasteiger partial charge >= 0.3 is 0 Å². The Labute approximate surface area is 330 Å². The summed E-state index contributed by atoms with van der Waals surface area (Å²) in [5.74, 6) is 0.700. The van der Waals surface area contributed by atoms with E-state index in [-0.39, 0.29) is 0 Å². The first-order valence-electron chi connectivity index (χ1n) is 19.4. The minimum Gasteiger partial charge on any atom is -0.335 e. The summed E-state index contributed by atoms with van der Waals surface area (Å²) < 4.78 is 4.96. The number of allylic oxidation sites excluding steroid dienone is 5. The molecule has 0 amide bonds. The van der Waals surface area contributed by atoms with Gasteiger partial charge in [0.05, 0.1) is 33.5 Å². The Morgan fingerprint density at radius 3 is 1.72 bits per heavy atom. The lowest BCUT2D eigenvalue weighted by Gasteiger charge is -2.18. The van der Waals surface area contributed by atoms with E-state index in [1.54, 1.807) is 0 Å². The molecular weight excluding hydrogens is 693 g/mol. The van der Waals surface area contributed by atoms with Crippen LogP contribution in [-0.2, 0) is 6.54 Å². The van der Waals surface area contributed by atoms with E-state index in [1.165, 1.54) is 38.1 Å². The molecule has 0 bridgehead atoms. The van der Waals surface area contributed by atoms with E-state index in [4.69, 9.17) is 9.97 Å². The van der Waals surface area contributed by atoms with E-state index in [0.717, 1.165) is 61.4 Å². The molecule has 0 saturated carbocycles. The van der Waals surface area contributed by atoms with Gasteiger partial charge in [-0.2, -0.15) is 0 Å². The molecule has 4 heteroatoms. The van der Waals surface area contributed by atoms with Gasteiger partial charge in [-0.05, 0) is 47.0 Å². The molecule has 57 heavy (non-hydrogen) atoms. The lowest BCUT2D eigenvalue weighted by atomic mass is 9.99. The largest absolute Gasteiger partial charge is 0.335 e. The van der Waals surface area contributed by atoms with Crippen LogP contribution in [0.25, 0.3) is 99.7 Å². The van der Waals surface area contributed by atoms with E-state index in [1.807, 2.05) is 36.4 Å².